The second-order valence-corrected chi connectivity index (χ2v) is 6.85. The Morgan fingerprint density at radius 2 is 1.75 bits per heavy atom. The standard InChI is InChI=1S/C16H17FN2O4S/c1-11-7-12(2)9-13(8-11)23-10-16(20)18-19-24(21,22)15-6-4-3-5-14(15)17/h3-9,19H,10H2,1-2H3,(H,18,20). The zero-order chi connectivity index (χ0) is 17.7. The summed E-state index contributed by atoms with van der Waals surface area (Å²) in [7, 11) is -4.19. The van der Waals surface area contributed by atoms with E-state index >= 15 is 0 Å². The number of rotatable bonds is 6. The lowest BCUT2D eigenvalue weighted by Gasteiger charge is -2.10. The van der Waals surface area contributed by atoms with E-state index in [2.05, 4.69) is 0 Å². The molecule has 0 unspecified atom stereocenters. The van der Waals surface area contributed by atoms with Crippen LogP contribution in [0.1, 0.15) is 11.1 Å². The summed E-state index contributed by atoms with van der Waals surface area (Å²) in [6.45, 7) is 3.40. The molecule has 0 bridgehead atoms. The Balaban J connectivity index is 1.92. The summed E-state index contributed by atoms with van der Waals surface area (Å²) >= 11 is 0. The van der Waals surface area contributed by atoms with Gasteiger partial charge in [0.15, 0.2) is 6.61 Å². The molecular formula is C16H17FN2O4S. The number of sulfonamides is 1. The van der Waals surface area contributed by atoms with Crippen LogP contribution in [0, 0.1) is 19.7 Å². The lowest BCUT2D eigenvalue weighted by atomic mass is 10.1. The summed E-state index contributed by atoms with van der Waals surface area (Å²) < 4.78 is 42.6. The van der Waals surface area contributed by atoms with Crippen LogP contribution in [0.5, 0.6) is 5.75 Å². The maximum Gasteiger partial charge on any atom is 0.272 e. The fourth-order valence-corrected chi connectivity index (χ4v) is 2.98. The molecule has 2 aromatic rings. The van der Waals surface area contributed by atoms with Crippen LogP contribution in [0.4, 0.5) is 4.39 Å². The smallest absolute Gasteiger partial charge is 0.272 e. The zero-order valence-corrected chi connectivity index (χ0v) is 14.0. The first-order chi connectivity index (χ1) is 11.3. The van der Waals surface area contributed by atoms with Crippen LogP contribution in [-0.4, -0.2) is 20.9 Å². The molecule has 0 atom stereocenters. The number of ether oxygens (including phenoxy) is 1. The van der Waals surface area contributed by atoms with E-state index in [9.17, 15) is 17.6 Å². The van der Waals surface area contributed by atoms with Crippen molar-refractivity contribution < 1.29 is 22.3 Å². The highest BCUT2D eigenvalue weighted by Crippen LogP contribution is 2.16. The molecule has 8 heteroatoms. The number of aryl methyl sites for hydroxylation is 2. The fraction of sp³-hybridized carbons (Fsp3) is 0.188. The van der Waals surface area contributed by atoms with Crippen LogP contribution in [0.3, 0.4) is 0 Å². The number of benzene rings is 2. The maximum absolute atomic E-state index is 13.5. The van der Waals surface area contributed by atoms with Gasteiger partial charge in [-0.15, -0.1) is 4.83 Å². The summed E-state index contributed by atoms with van der Waals surface area (Å²) in [6, 6.07) is 10.3. The minimum absolute atomic E-state index is 0.386. The summed E-state index contributed by atoms with van der Waals surface area (Å²) in [5, 5.41) is 0. The molecule has 2 aromatic carbocycles. The second-order valence-electron chi connectivity index (χ2n) is 5.20. The highest BCUT2D eigenvalue weighted by atomic mass is 32.2. The molecule has 0 heterocycles. The van der Waals surface area contributed by atoms with Gasteiger partial charge >= 0.3 is 0 Å². The monoisotopic (exact) mass is 352 g/mol. The minimum Gasteiger partial charge on any atom is -0.484 e. The molecule has 6 nitrogen and oxygen atoms in total. The molecule has 0 aliphatic carbocycles. The van der Waals surface area contributed by atoms with Crippen LogP contribution >= 0.6 is 0 Å². The predicted molar refractivity (Wildman–Crippen MR) is 86.3 cm³/mol. The number of nitrogens with one attached hydrogen (secondary N) is 2. The van der Waals surface area contributed by atoms with Crippen molar-refractivity contribution in [3.05, 3.63) is 59.4 Å². The van der Waals surface area contributed by atoms with E-state index in [4.69, 9.17) is 4.74 Å². The van der Waals surface area contributed by atoms with E-state index in [1.165, 1.54) is 12.1 Å². The van der Waals surface area contributed by atoms with Gasteiger partial charge < -0.3 is 4.74 Å². The third-order valence-electron chi connectivity index (χ3n) is 3.02. The Morgan fingerprint density at radius 3 is 2.38 bits per heavy atom. The van der Waals surface area contributed by atoms with Gasteiger partial charge in [0.25, 0.3) is 15.9 Å². The molecule has 2 rings (SSSR count). The van der Waals surface area contributed by atoms with Crippen molar-refractivity contribution in [2.75, 3.05) is 6.61 Å². The third-order valence-corrected chi connectivity index (χ3v) is 4.30. The molecule has 0 spiro atoms. The normalized spacial score (nSPS) is 11.1. The van der Waals surface area contributed by atoms with E-state index in [0.717, 1.165) is 23.3 Å². The first-order valence-electron chi connectivity index (χ1n) is 7.04. The lowest BCUT2D eigenvalue weighted by molar-refractivity contribution is -0.123. The molecule has 0 fully saturated rings. The molecule has 24 heavy (non-hydrogen) atoms. The molecule has 1 amide bonds. The van der Waals surface area contributed by atoms with Crippen molar-refractivity contribution in [3.8, 4) is 5.75 Å². The Hall–Kier alpha value is -2.45. The number of hydrogen-bond donors (Lipinski definition) is 2. The summed E-state index contributed by atoms with van der Waals surface area (Å²) in [5.41, 5.74) is 3.93. The van der Waals surface area contributed by atoms with Crippen molar-refractivity contribution >= 4 is 15.9 Å². The molecule has 0 aliphatic heterocycles. The van der Waals surface area contributed by atoms with Crippen molar-refractivity contribution in [1.29, 1.82) is 0 Å². The number of halogens is 1. The maximum atomic E-state index is 13.5. The predicted octanol–water partition coefficient (Wildman–Crippen LogP) is 1.83. The van der Waals surface area contributed by atoms with E-state index in [1.54, 1.807) is 12.1 Å². The van der Waals surface area contributed by atoms with Crippen LogP contribution in [-0.2, 0) is 14.8 Å². The van der Waals surface area contributed by atoms with E-state index in [-0.39, 0.29) is 6.61 Å². The molecule has 0 radical (unpaired) electrons. The van der Waals surface area contributed by atoms with Gasteiger partial charge in [0.1, 0.15) is 16.5 Å². The Labute approximate surface area is 139 Å². The van der Waals surface area contributed by atoms with E-state index in [0.29, 0.717) is 5.75 Å². The van der Waals surface area contributed by atoms with Gasteiger partial charge in [0.05, 0.1) is 0 Å². The first-order valence-corrected chi connectivity index (χ1v) is 8.52. The number of amides is 1. The number of carbonyl (C=O) groups is 1. The average molecular weight is 352 g/mol. The van der Waals surface area contributed by atoms with E-state index < -0.39 is 26.6 Å². The van der Waals surface area contributed by atoms with Crippen molar-refractivity contribution in [2.24, 2.45) is 0 Å². The minimum atomic E-state index is -4.19. The van der Waals surface area contributed by atoms with Gasteiger partial charge in [0.2, 0.25) is 0 Å². The Morgan fingerprint density at radius 1 is 1.12 bits per heavy atom. The SMILES string of the molecule is Cc1cc(C)cc(OCC(=O)NNS(=O)(=O)c2ccccc2F)c1. The van der Waals surface area contributed by atoms with Crippen LogP contribution in [0.2, 0.25) is 0 Å². The van der Waals surface area contributed by atoms with Crippen LogP contribution < -0.4 is 15.0 Å². The van der Waals surface area contributed by atoms with Crippen molar-refractivity contribution in [2.45, 2.75) is 18.7 Å². The first kappa shape index (κ1) is 17.9. The molecule has 0 aliphatic rings. The van der Waals surface area contributed by atoms with Gasteiger partial charge in [-0.05, 0) is 49.2 Å². The van der Waals surface area contributed by atoms with Crippen molar-refractivity contribution in [3.63, 3.8) is 0 Å². The number of hydrogen-bond acceptors (Lipinski definition) is 4. The molecule has 0 saturated carbocycles. The lowest BCUT2D eigenvalue weighted by Crippen LogP contribution is -2.43. The summed E-state index contributed by atoms with van der Waals surface area (Å²) in [4.78, 5) is 13.0. The molecule has 2 N–H and O–H groups in total. The van der Waals surface area contributed by atoms with Gasteiger partial charge in [0, 0.05) is 0 Å². The molecule has 0 saturated heterocycles. The quantitative estimate of drug-likeness (QED) is 0.777. The zero-order valence-electron chi connectivity index (χ0n) is 13.2. The van der Waals surface area contributed by atoms with Crippen molar-refractivity contribution in [1.82, 2.24) is 10.3 Å². The molecular weight excluding hydrogens is 335 g/mol. The third kappa shape index (κ3) is 4.77. The summed E-state index contributed by atoms with van der Waals surface area (Å²) in [6.07, 6.45) is 0. The van der Waals surface area contributed by atoms with Gasteiger partial charge in [-0.3, -0.25) is 10.2 Å². The topological polar surface area (TPSA) is 84.5 Å². The summed E-state index contributed by atoms with van der Waals surface area (Å²) in [5.74, 6) is -1.13. The highest BCUT2D eigenvalue weighted by molar-refractivity contribution is 7.89. The number of hydrazine groups is 1. The van der Waals surface area contributed by atoms with Crippen LogP contribution in [0.15, 0.2) is 47.4 Å². The van der Waals surface area contributed by atoms with Crippen LogP contribution in [0.25, 0.3) is 0 Å². The fourth-order valence-electron chi connectivity index (χ4n) is 2.04. The molecule has 128 valence electrons. The second kappa shape index (κ2) is 7.41. The highest BCUT2D eigenvalue weighted by Gasteiger charge is 2.19. The van der Waals surface area contributed by atoms with E-state index in [1.807, 2.05) is 30.2 Å². The number of carbonyl (C=O) groups excluding carboxylic acids is 1. The Bertz CT molecular complexity index is 833. The Kier molecular flexibility index (Phi) is 5.53. The molecule has 0 aromatic heterocycles. The van der Waals surface area contributed by atoms with Gasteiger partial charge in [-0.2, -0.15) is 0 Å². The average Bonchev–Trinajstić information content (AvgIpc) is 2.50. The van der Waals surface area contributed by atoms with Gasteiger partial charge in [-0.1, -0.05) is 18.2 Å². The van der Waals surface area contributed by atoms with Gasteiger partial charge in [-0.25, -0.2) is 12.8 Å². The largest absolute Gasteiger partial charge is 0.484 e.